The lowest BCUT2D eigenvalue weighted by Gasteiger charge is -2.20. The minimum absolute atomic E-state index is 0.110. The molecule has 0 spiro atoms. The maximum absolute atomic E-state index is 12.8. The van der Waals surface area contributed by atoms with E-state index in [2.05, 4.69) is 64.0 Å². The highest BCUT2D eigenvalue weighted by Crippen LogP contribution is 2.25. The van der Waals surface area contributed by atoms with Gasteiger partial charge in [-0.3, -0.25) is 10.1 Å². The number of aryl methyl sites for hydroxylation is 1. The van der Waals surface area contributed by atoms with Gasteiger partial charge in [0.05, 0.1) is 24.0 Å². The van der Waals surface area contributed by atoms with Gasteiger partial charge in [-0.05, 0) is 36.2 Å². The predicted octanol–water partition coefficient (Wildman–Crippen LogP) is 4.55. The highest BCUT2D eigenvalue weighted by atomic mass is 35.5. The molecule has 0 saturated carbocycles. The van der Waals surface area contributed by atoms with Gasteiger partial charge in [-0.2, -0.15) is 5.10 Å². The summed E-state index contributed by atoms with van der Waals surface area (Å²) >= 11 is 6.15. The molecule has 2 N–H and O–H groups in total. The number of aromatic nitrogens is 3. The smallest absolute Gasteiger partial charge is 0.238 e. The summed E-state index contributed by atoms with van der Waals surface area (Å²) in [6.45, 7) is 2.18. The fraction of sp³-hybridized carbons (Fsp3) is 0.125. The number of hydrogen-bond donors (Lipinski definition) is 2. The quantitative estimate of drug-likeness (QED) is 0.450. The fourth-order valence-electron chi connectivity index (χ4n) is 3.36. The second-order valence-corrected chi connectivity index (χ2v) is 7.62. The van der Waals surface area contributed by atoms with Crippen LogP contribution in [0.15, 0.2) is 85.5 Å². The van der Waals surface area contributed by atoms with Crippen molar-refractivity contribution in [3.63, 3.8) is 0 Å². The summed E-state index contributed by atoms with van der Waals surface area (Å²) in [5, 5.41) is 11.0. The normalized spacial score (nSPS) is 11.8. The van der Waals surface area contributed by atoms with Gasteiger partial charge >= 0.3 is 0 Å². The van der Waals surface area contributed by atoms with E-state index in [1.54, 1.807) is 29.2 Å². The molecule has 4 rings (SSSR count). The minimum atomic E-state index is -0.184. The van der Waals surface area contributed by atoms with E-state index in [4.69, 9.17) is 11.6 Å². The number of amides is 1. The average Bonchev–Trinajstić information content (AvgIpc) is 3.31. The van der Waals surface area contributed by atoms with Crippen molar-refractivity contribution in [1.29, 1.82) is 0 Å². The molecule has 7 heteroatoms. The van der Waals surface area contributed by atoms with Gasteiger partial charge in [-0.25, -0.2) is 9.67 Å². The molecule has 31 heavy (non-hydrogen) atoms. The van der Waals surface area contributed by atoms with Crippen molar-refractivity contribution in [2.24, 2.45) is 0 Å². The molecule has 1 atom stereocenters. The van der Waals surface area contributed by atoms with E-state index in [1.165, 1.54) is 11.9 Å². The van der Waals surface area contributed by atoms with Crippen LogP contribution in [0.1, 0.15) is 22.7 Å². The lowest BCUT2D eigenvalue weighted by Crippen LogP contribution is -2.32. The molecule has 3 aromatic carbocycles. The van der Waals surface area contributed by atoms with E-state index in [1.807, 2.05) is 18.2 Å². The summed E-state index contributed by atoms with van der Waals surface area (Å²) in [5.74, 6) is -0.184. The Balaban J connectivity index is 1.51. The van der Waals surface area contributed by atoms with Crippen LogP contribution in [0.2, 0.25) is 5.02 Å². The molecule has 0 unspecified atom stereocenters. The third-order valence-corrected chi connectivity index (χ3v) is 5.14. The monoisotopic (exact) mass is 431 g/mol. The van der Waals surface area contributed by atoms with Crippen molar-refractivity contribution in [3.05, 3.63) is 107 Å². The number of halogens is 1. The molecule has 1 aromatic heterocycles. The summed E-state index contributed by atoms with van der Waals surface area (Å²) < 4.78 is 1.58. The van der Waals surface area contributed by atoms with Gasteiger partial charge in [-0.1, -0.05) is 71.8 Å². The second kappa shape index (κ2) is 9.55. The number of carbonyl (C=O) groups is 1. The second-order valence-electron chi connectivity index (χ2n) is 7.18. The van der Waals surface area contributed by atoms with Crippen LogP contribution in [0.25, 0.3) is 5.69 Å². The molecular weight excluding hydrogens is 410 g/mol. The first-order valence-electron chi connectivity index (χ1n) is 9.89. The summed E-state index contributed by atoms with van der Waals surface area (Å²) in [5.41, 5.74) is 4.63. The first-order chi connectivity index (χ1) is 15.1. The molecule has 0 bridgehead atoms. The summed E-state index contributed by atoms with van der Waals surface area (Å²) in [4.78, 5) is 16.8. The zero-order valence-corrected chi connectivity index (χ0v) is 17.8. The molecule has 156 valence electrons. The summed E-state index contributed by atoms with van der Waals surface area (Å²) in [6.07, 6.45) is 3.01. The third kappa shape index (κ3) is 5.17. The van der Waals surface area contributed by atoms with Gasteiger partial charge in [0.15, 0.2) is 0 Å². The van der Waals surface area contributed by atoms with Gasteiger partial charge in [0.2, 0.25) is 5.91 Å². The maximum Gasteiger partial charge on any atom is 0.238 e. The van der Waals surface area contributed by atoms with E-state index in [9.17, 15) is 4.79 Å². The molecular formula is C24H22ClN5O. The molecule has 0 radical (unpaired) electrons. The van der Waals surface area contributed by atoms with Gasteiger partial charge < -0.3 is 5.32 Å². The first kappa shape index (κ1) is 20.8. The van der Waals surface area contributed by atoms with E-state index in [0.717, 1.165) is 11.1 Å². The van der Waals surface area contributed by atoms with E-state index in [-0.39, 0.29) is 18.5 Å². The molecule has 1 heterocycles. The van der Waals surface area contributed by atoms with Gasteiger partial charge in [0, 0.05) is 5.02 Å². The molecule has 0 saturated heterocycles. The van der Waals surface area contributed by atoms with Crippen LogP contribution < -0.4 is 10.6 Å². The van der Waals surface area contributed by atoms with Crippen LogP contribution >= 0.6 is 11.6 Å². The Labute approximate surface area is 185 Å². The van der Waals surface area contributed by atoms with Crippen molar-refractivity contribution >= 4 is 23.2 Å². The lowest BCUT2D eigenvalue weighted by atomic mass is 9.98. The number of carbonyl (C=O) groups excluding carboxylic acids is 1. The number of rotatable bonds is 7. The van der Waals surface area contributed by atoms with E-state index < -0.39 is 0 Å². The van der Waals surface area contributed by atoms with Gasteiger partial charge in [0.1, 0.15) is 12.7 Å². The molecule has 4 aromatic rings. The highest BCUT2D eigenvalue weighted by molar-refractivity contribution is 6.31. The molecule has 1 amide bonds. The summed E-state index contributed by atoms with van der Waals surface area (Å²) in [6, 6.07) is 23.5. The molecule has 0 fully saturated rings. The third-order valence-electron chi connectivity index (χ3n) is 4.91. The number of anilines is 1. The number of nitrogens with one attached hydrogen (secondary N) is 2. The maximum atomic E-state index is 12.8. The van der Waals surface area contributed by atoms with Crippen LogP contribution in [0.4, 0.5) is 5.69 Å². The number of nitrogens with zero attached hydrogens (tertiary/aromatic N) is 3. The summed E-state index contributed by atoms with van der Waals surface area (Å²) in [7, 11) is 0. The van der Waals surface area contributed by atoms with Crippen LogP contribution in [0.3, 0.4) is 0 Å². The fourth-order valence-corrected chi connectivity index (χ4v) is 3.53. The van der Waals surface area contributed by atoms with E-state index in [0.29, 0.717) is 16.4 Å². The zero-order valence-electron chi connectivity index (χ0n) is 17.0. The molecule has 0 aliphatic rings. The zero-order chi connectivity index (χ0) is 21.6. The lowest BCUT2D eigenvalue weighted by molar-refractivity contribution is -0.115. The van der Waals surface area contributed by atoms with Crippen molar-refractivity contribution in [1.82, 2.24) is 20.1 Å². The molecule has 0 aliphatic heterocycles. The van der Waals surface area contributed by atoms with Crippen LogP contribution in [-0.4, -0.2) is 27.2 Å². The van der Waals surface area contributed by atoms with Crippen LogP contribution in [0, 0.1) is 6.92 Å². The van der Waals surface area contributed by atoms with Crippen LogP contribution in [0.5, 0.6) is 0 Å². The Kier molecular flexibility index (Phi) is 6.40. The SMILES string of the molecule is Cc1ccc([C@H](NCC(=O)Nc2cc(Cl)ccc2-n2cncn2)c2ccccc2)cc1. The van der Waals surface area contributed by atoms with E-state index >= 15 is 0 Å². The largest absolute Gasteiger partial charge is 0.323 e. The number of benzene rings is 3. The van der Waals surface area contributed by atoms with Crippen molar-refractivity contribution in [2.45, 2.75) is 13.0 Å². The Morgan fingerprint density at radius 3 is 2.48 bits per heavy atom. The average molecular weight is 432 g/mol. The highest BCUT2D eigenvalue weighted by Gasteiger charge is 2.16. The Bertz CT molecular complexity index is 1140. The Morgan fingerprint density at radius 1 is 1.03 bits per heavy atom. The predicted molar refractivity (Wildman–Crippen MR) is 122 cm³/mol. The first-order valence-corrected chi connectivity index (χ1v) is 10.3. The topological polar surface area (TPSA) is 71.8 Å². The Morgan fingerprint density at radius 2 is 1.77 bits per heavy atom. The molecule has 6 nitrogen and oxygen atoms in total. The van der Waals surface area contributed by atoms with Gasteiger partial charge in [0.25, 0.3) is 0 Å². The standard InChI is InChI=1S/C24H22ClN5O/c1-17-7-9-19(10-8-17)24(18-5-3-2-4-6-18)27-14-23(31)29-21-13-20(25)11-12-22(21)30-16-26-15-28-30/h2-13,15-16,24,27H,14H2,1H3,(H,29,31)/t24-/m1/s1. The number of hydrogen-bond acceptors (Lipinski definition) is 4. The van der Waals surface area contributed by atoms with Crippen LogP contribution in [-0.2, 0) is 4.79 Å². The van der Waals surface area contributed by atoms with Crippen molar-refractivity contribution in [2.75, 3.05) is 11.9 Å². The molecule has 0 aliphatic carbocycles. The van der Waals surface area contributed by atoms with Gasteiger partial charge in [-0.15, -0.1) is 0 Å². The van der Waals surface area contributed by atoms with Crippen molar-refractivity contribution < 1.29 is 4.79 Å². The minimum Gasteiger partial charge on any atom is -0.323 e. The Hall–Kier alpha value is -3.48. The van der Waals surface area contributed by atoms with Crippen molar-refractivity contribution in [3.8, 4) is 5.69 Å².